The van der Waals surface area contributed by atoms with Gasteiger partial charge in [0.25, 0.3) is 5.91 Å². The standard InChI is InChI=1S/C21H21ClN4O4/c1-3-21(14-7-5-4-6-8-14)19(29)26(20(30)25-21)12-18(28)24-17-10-9-15(11-16(17)22)23-13(2)27/h4-11H,3,12H2,1-2H3,(H,23,27)(H,24,28)(H,25,30). The largest absolute Gasteiger partial charge is 0.326 e. The predicted molar refractivity (Wildman–Crippen MR) is 113 cm³/mol. The van der Waals surface area contributed by atoms with Gasteiger partial charge in [0.1, 0.15) is 12.1 Å². The van der Waals surface area contributed by atoms with Crippen molar-refractivity contribution in [3.05, 3.63) is 59.1 Å². The molecule has 5 amide bonds. The number of urea groups is 1. The Morgan fingerprint density at radius 2 is 1.80 bits per heavy atom. The summed E-state index contributed by atoms with van der Waals surface area (Å²) in [4.78, 5) is 50.1. The number of amides is 5. The first-order valence-corrected chi connectivity index (χ1v) is 9.71. The van der Waals surface area contributed by atoms with Gasteiger partial charge in [-0.2, -0.15) is 0 Å². The number of benzene rings is 2. The number of imide groups is 1. The summed E-state index contributed by atoms with van der Waals surface area (Å²) in [6, 6.07) is 12.9. The van der Waals surface area contributed by atoms with Crippen LogP contribution in [-0.2, 0) is 19.9 Å². The van der Waals surface area contributed by atoms with Gasteiger partial charge >= 0.3 is 6.03 Å². The molecule has 2 aromatic carbocycles. The highest BCUT2D eigenvalue weighted by Crippen LogP contribution is 2.32. The topological polar surface area (TPSA) is 108 Å². The lowest BCUT2D eigenvalue weighted by molar-refractivity contribution is -0.134. The van der Waals surface area contributed by atoms with Gasteiger partial charge in [0.05, 0.1) is 10.7 Å². The number of nitrogens with zero attached hydrogens (tertiary/aromatic N) is 1. The first-order chi connectivity index (χ1) is 14.3. The SMILES string of the molecule is CCC1(c2ccccc2)NC(=O)N(CC(=O)Nc2ccc(NC(C)=O)cc2Cl)C1=O. The molecule has 1 unspecified atom stereocenters. The molecule has 156 valence electrons. The fraction of sp³-hybridized carbons (Fsp3) is 0.238. The van der Waals surface area contributed by atoms with E-state index in [9.17, 15) is 19.2 Å². The molecule has 1 fully saturated rings. The van der Waals surface area contributed by atoms with Crippen molar-refractivity contribution in [2.45, 2.75) is 25.8 Å². The summed E-state index contributed by atoms with van der Waals surface area (Å²) in [6.07, 6.45) is 0.343. The minimum absolute atomic E-state index is 0.207. The van der Waals surface area contributed by atoms with E-state index < -0.39 is 29.9 Å². The summed E-state index contributed by atoms with van der Waals surface area (Å²) in [7, 11) is 0. The molecule has 1 heterocycles. The number of nitrogens with one attached hydrogen (secondary N) is 3. The Morgan fingerprint density at radius 1 is 1.10 bits per heavy atom. The number of anilines is 2. The quantitative estimate of drug-likeness (QED) is 0.614. The van der Waals surface area contributed by atoms with Crippen molar-refractivity contribution in [1.82, 2.24) is 10.2 Å². The number of carbonyl (C=O) groups is 4. The molecule has 1 aliphatic heterocycles. The minimum atomic E-state index is -1.20. The molecule has 1 saturated heterocycles. The van der Waals surface area contributed by atoms with Crippen molar-refractivity contribution < 1.29 is 19.2 Å². The van der Waals surface area contributed by atoms with Gasteiger partial charge in [-0.25, -0.2) is 4.79 Å². The molecule has 0 saturated carbocycles. The van der Waals surface area contributed by atoms with Crippen LogP contribution < -0.4 is 16.0 Å². The molecule has 1 atom stereocenters. The van der Waals surface area contributed by atoms with Gasteiger partial charge in [-0.05, 0) is 30.2 Å². The van der Waals surface area contributed by atoms with Crippen LogP contribution in [0.15, 0.2) is 48.5 Å². The minimum Gasteiger partial charge on any atom is -0.326 e. The van der Waals surface area contributed by atoms with Gasteiger partial charge in [-0.15, -0.1) is 0 Å². The van der Waals surface area contributed by atoms with E-state index in [0.717, 1.165) is 4.90 Å². The summed E-state index contributed by atoms with van der Waals surface area (Å²) in [5, 5.41) is 8.11. The molecule has 0 aliphatic carbocycles. The molecule has 3 rings (SSSR count). The van der Waals surface area contributed by atoms with E-state index in [4.69, 9.17) is 11.6 Å². The Balaban J connectivity index is 1.73. The van der Waals surface area contributed by atoms with Crippen LogP contribution in [0.25, 0.3) is 0 Å². The lowest BCUT2D eigenvalue weighted by atomic mass is 9.87. The zero-order chi connectivity index (χ0) is 21.9. The third kappa shape index (κ3) is 4.13. The third-order valence-corrected chi connectivity index (χ3v) is 5.15. The van der Waals surface area contributed by atoms with Gasteiger partial charge in [0.2, 0.25) is 11.8 Å². The second kappa shape index (κ2) is 8.54. The van der Waals surface area contributed by atoms with E-state index in [0.29, 0.717) is 23.4 Å². The van der Waals surface area contributed by atoms with Crippen molar-refractivity contribution in [3.63, 3.8) is 0 Å². The highest BCUT2D eigenvalue weighted by Gasteiger charge is 2.51. The fourth-order valence-corrected chi connectivity index (χ4v) is 3.59. The smallest absolute Gasteiger partial charge is 0.325 e. The van der Waals surface area contributed by atoms with Crippen LogP contribution in [-0.4, -0.2) is 35.2 Å². The molecule has 9 heteroatoms. The van der Waals surface area contributed by atoms with Crippen LogP contribution in [0.1, 0.15) is 25.8 Å². The second-order valence-electron chi connectivity index (χ2n) is 6.87. The molecule has 1 aliphatic rings. The van der Waals surface area contributed by atoms with Gasteiger partial charge < -0.3 is 16.0 Å². The highest BCUT2D eigenvalue weighted by molar-refractivity contribution is 6.34. The van der Waals surface area contributed by atoms with E-state index in [1.165, 1.54) is 19.1 Å². The average Bonchev–Trinajstić information content (AvgIpc) is 2.95. The van der Waals surface area contributed by atoms with Crippen molar-refractivity contribution >= 4 is 46.7 Å². The Labute approximate surface area is 178 Å². The van der Waals surface area contributed by atoms with E-state index in [-0.39, 0.29) is 10.9 Å². The maximum absolute atomic E-state index is 13.1. The number of halogens is 1. The maximum Gasteiger partial charge on any atom is 0.325 e. The lowest BCUT2D eigenvalue weighted by Gasteiger charge is -2.25. The Hall–Kier alpha value is -3.39. The molecule has 3 N–H and O–H groups in total. The Morgan fingerprint density at radius 3 is 2.40 bits per heavy atom. The van der Waals surface area contributed by atoms with Crippen molar-refractivity contribution in [2.75, 3.05) is 17.2 Å². The van der Waals surface area contributed by atoms with Crippen LogP contribution in [0.2, 0.25) is 5.02 Å². The van der Waals surface area contributed by atoms with Crippen molar-refractivity contribution in [1.29, 1.82) is 0 Å². The first kappa shape index (κ1) is 21.3. The van der Waals surface area contributed by atoms with E-state index in [2.05, 4.69) is 16.0 Å². The fourth-order valence-electron chi connectivity index (χ4n) is 3.36. The molecular formula is C21H21ClN4O4. The summed E-state index contributed by atoms with van der Waals surface area (Å²) >= 11 is 6.15. The van der Waals surface area contributed by atoms with Crippen molar-refractivity contribution in [2.24, 2.45) is 0 Å². The summed E-state index contributed by atoms with van der Waals surface area (Å²) in [6.45, 7) is 2.71. The monoisotopic (exact) mass is 428 g/mol. The normalized spacial score (nSPS) is 18.2. The molecular weight excluding hydrogens is 408 g/mol. The van der Waals surface area contributed by atoms with Gasteiger partial charge in [0, 0.05) is 12.6 Å². The lowest BCUT2D eigenvalue weighted by Crippen LogP contribution is -2.44. The number of hydrogen-bond acceptors (Lipinski definition) is 4. The zero-order valence-electron chi connectivity index (χ0n) is 16.5. The summed E-state index contributed by atoms with van der Waals surface area (Å²) < 4.78 is 0. The zero-order valence-corrected chi connectivity index (χ0v) is 17.2. The molecule has 0 aromatic heterocycles. The predicted octanol–water partition coefficient (Wildman–Crippen LogP) is 3.09. The highest BCUT2D eigenvalue weighted by atomic mass is 35.5. The van der Waals surface area contributed by atoms with E-state index in [1.54, 1.807) is 37.3 Å². The Bertz CT molecular complexity index is 1010. The van der Waals surface area contributed by atoms with Crippen LogP contribution in [0, 0.1) is 0 Å². The molecule has 0 spiro atoms. The molecule has 2 aromatic rings. The number of carbonyl (C=O) groups excluding carboxylic acids is 4. The van der Waals surface area contributed by atoms with Gasteiger partial charge in [-0.1, -0.05) is 48.9 Å². The Kier molecular flexibility index (Phi) is 6.07. The molecule has 30 heavy (non-hydrogen) atoms. The number of hydrogen-bond donors (Lipinski definition) is 3. The molecule has 0 radical (unpaired) electrons. The van der Waals surface area contributed by atoms with Crippen LogP contribution in [0.4, 0.5) is 16.2 Å². The summed E-state index contributed by atoms with van der Waals surface area (Å²) in [5.74, 6) is -1.31. The average molecular weight is 429 g/mol. The van der Waals surface area contributed by atoms with E-state index in [1.807, 2.05) is 6.07 Å². The van der Waals surface area contributed by atoms with Gasteiger partial charge in [-0.3, -0.25) is 19.3 Å². The maximum atomic E-state index is 13.1. The van der Waals surface area contributed by atoms with Crippen LogP contribution >= 0.6 is 11.6 Å². The second-order valence-corrected chi connectivity index (χ2v) is 7.28. The van der Waals surface area contributed by atoms with Crippen LogP contribution in [0.3, 0.4) is 0 Å². The molecule has 0 bridgehead atoms. The van der Waals surface area contributed by atoms with E-state index >= 15 is 0 Å². The third-order valence-electron chi connectivity index (χ3n) is 4.84. The van der Waals surface area contributed by atoms with Gasteiger partial charge in [0.15, 0.2) is 0 Å². The van der Waals surface area contributed by atoms with Crippen molar-refractivity contribution in [3.8, 4) is 0 Å². The van der Waals surface area contributed by atoms with Crippen LogP contribution in [0.5, 0.6) is 0 Å². The summed E-state index contributed by atoms with van der Waals surface area (Å²) in [5.41, 5.74) is 0.240. The number of rotatable bonds is 6. The first-order valence-electron chi connectivity index (χ1n) is 9.33. The molecule has 8 nitrogen and oxygen atoms in total.